The van der Waals surface area contributed by atoms with Gasteiger partial charge in [-0.25, -0.2) is 19.2 Å². The molecule has 0 atom stereocenters. The molecule has 0 spiro atoms. The van der Waals surface area contributed by atoms with Gasteiger partial charge in [0.2, 0.25) is 0 Å². The Balaban J connectivity index is 1.73. The zero-order valence-electron chi connectivity index (χ0n) is 23.2. The second-order valence-electron chi connectivity index (χ2n) is 9.18. The average Bonchev–Trinajstić information content (AvgIpc) is 3.03. The molecular formula is C32H24N2O10. The number of aromatic carboxylic acids is 2. The molecule has 0 saturated heterocycles. The van der Waals surface area contributed by atoms with Gasteiger partial charge in [-0.15, -0.1) is 0 Å². The topological polar surface area (TPSA) is 185 Å². The molecule has 0 unspecified atom stereocenters. The van der Waals surface area contributed by atoms with Gasteiger partial charge >= 0.3 is 23.9 Å². The van der Waals surface area contributed by atoms with Gasteiger partial charge in [-0.1, -0.05) is 12.1 Å². The summed E-state index contributed by atoms with van der Waals surface area (Å²) in [5, 5.41) is 24.2. The number of hydrogen-bond acceptors (Lipinski definition) is 8. The number of carboxylic acids is 2. The molecule has 0 fully saturated rings. The number of nitrogens with one attached hydrogen (secondary N) is 2. The number of carbonyl (C=O) groups is 6. The number of esters is 2. The van der Waals surface area contributed by atoms with Gasteiger partial charge in [-0.05, 0) is 83.9 Å². The van der Waals surface area contributed by atoms with E-state index >= 15 is 0 Å². The fraction of sp³-hybridized carbons (Fsp3) is 0.0625. The summed E-state index contributed by atoms with van der Waals surface area (Å²) >= 11 is 0. The standard InChI is InChI=1S/C32H24N2O10/c1-43-31(41)17-3-9-21(10-4-17)33-27(35)23-13-7-19(20-8-14-24(29(37)38)26(16-20)30(39)40)15-25(23)28(36)34-22-11-5-18(6-12-22)32(42)44-2/h3-16H,1-2H3,(H,33,35)(H,34,36)(H,37,38)(H,39,40). The normalized spacial score (nSPS) is 10.3. The molecule has 12 heteroatoms. The number of methoxy groups -OCH3 is 2. The summed E-state index contributed by atoms with van der Waals surface area (Å²) in [7, 11) is 2.48. The lowest BCUT2D eigenvalue weighted by molar-refractivity contribution is 0.0592. The van der Waals surface area contributed by atoms with Crippen LogP contribution in [0.25, 0.3) is 11.1 Å². The molecule has 0 aliphatic heterocycles. The summed E-state index contributed by atoms with van der Waals surface area (Å²) in [5.74, 6) is -5.36. The summed E-state index contributed by atoms with van der Waals surface area (Å²) in [6, 6.07) is 19.6. The van der Waals surface area contributed by atoms with Crippen LogP contribution < -0.4 is 10.6 Å². The molecular weight excluding hydrogens is 572 g/mol. The van der Waals surface area contributed by atoms with Crippen LogP contribution in [0.1, 0.15) is 62.1 Å². The van der Waals surface area contributed by atoms with E-state index in [9.17, 15) is 39.0 Å². The molecule has 4 aromatic rings. The summed E-state index contributed by atoms with van der Waals surface area (Å²) in [4.78, 5) is 73.6. The second-order valence-corrected chi connectivity index (χ2v) is 9.18. The Morgan fingerprint density at radius 3 is 1.30 bits per heavy atom. The van der Waals surface area contributed by atoms with Crippen LogP contribution >= 0.6 is 0 Å². The predicted octanol–water partition coefficient (Wildman–Crippen LogP) is 4.83. The van der Waals surface area contributed by atoms with Crippen LogP contribution in [0.15, 0.2) is 84.9 Å². The average molecular weight is 597 g/mol. The van der Waals surface area contributed by atoms with E-state index in [1.807, 2.05) is 0 Å². The van der Waals surface area contributed by atoms with Crippen molar-refractivity contribution in [2.45, 2.75) is 0 Å². The Labute approximate surface area is 249 Å². The minimum absolute atomic E-state index is 0.0462. The van der Waals surface area contributed by atoms with Crippen molar-refractivity contribution >= 4 is 47.1 Å². The van der Waals surface area contributed by atoms with Crippen LogP contribution in [0.3, 0.4) is 0 Å². The van der Waals surface area contributed by atoms with Gasteiger partial charge in [0.25, 0.3) is 11.8 Å². The molecule has 0 saturated carbocycles. The van der Waals surface area contributed by atoms with Crippen LogP contribution in [-0.2, 0) is 9.47 Å². The fourth-order valence-corrected chi connectivity index (χ4v) is 4.21. The molecule has 0 aliphatic carbocycles. The first-order chi connectivity index (χ1) is 21.0. The third-order valence-electron chi connectivity index (χ3n) is 6.45. The van der Waals surface area contributed by atoms with E-state index in [0.29, 0.717) is 16.9 Å². The van der Waals surface area contributed by atoms with Crippen LogP contribution in [0.2, 0.25) is 0 Å². The first-order valence-corrected chi connectivity index (χ1v) is 12.8. The first-order valence-electron chi connectivity index (χ1n) is 12.8. The van der Waals surface area contributed by atoms with Crippen molar-refractivity contribution in [2.24, 2.45) is 0 Å². The minimum Gasteiger partial charge on any atom is -0.478 e. The number of ether oxygens (including phenoxy) is 2. The summed E-state index contributed by atoms with van der Waals surface area (Å²) in [5.41, 5.74) is 0.755. The van der Waals surface area contributed by atoms with Gasteiger partial charge < -0.3 is 30.3 Å². The highest BCUT2D eigenvalue weighted by molar-refractivity contribution is 6.16. The Bertz CT molecular complexity index is 1800. The van der Waals surface area contributed by atoms with E-state index in [1.54, 1.807) is 0 Å². The Hall–Kier alpha value is -6.30. The Morgan fingerprint density at radius 2 is 0.886 bits per heavy atom. The minimum atomic E-state index is -1.45. The largest absolute Gasteiger partial charge is 0.478 e. The maximum atomic E-state index is 13.5. The van der Waals surface area contributed by atoms with E-state index in [-0.39, 0.29) is 27.8 Å². The summed E-state index contributed by atoms with van der Waals surface area (Å²) < 4.78 is 9.35. The maximum absolute atomic E-state index is 13.5. The van der Waals surface area contributed by atoms with Gasteiger partial charge in [-0.3, -0.25) is 9.59 Å². The summed E-state index contributed by atoms with van der Waals surface area (Å²) in [6.45, 7) is 0. The molecule has 44 heavy (non-hydrogen) atoms. The van der Waals surface area contributed by atoms with Gasteiger partial charge in [0, 0.05) is 11.4 Å². The van der Waals surface area contributed by atoms with Crippen molar-refractivity contribution in [3.05, 3.63) is 118 Å². The molecule has 222 valence electrons. The lowest BCUT2D eigenvalue weighted by Crippen LogP contribution is -2.20. The number of anilines is 2. The molecule has 0 bridgehead atoms. The SMILES string of the molecule is COC(=O)c1ccc(NC(=O)c2ccc(-c3ccc(C(=O)O)c(C(=O)O)c3)cc2C(=O)Nc2ccc(C(=O)OC)cc2)cc1. The van der Waals surface area contributed by atoms with Gasteiger partial charge in [0.15, 0.2) is 0 Å². The highest BCUT2D eigenvalue weighted by Crippen LogP contribution is 2.27. The van der Waals surface area contributed by atoms with Crippen LogP contribution in [0.4, 0.5) is 11.4 Å². The quantitative estimate of drug-likeness (QED) is 0.195. The van der Waals surface area contributed by atoms with E-state index in [2.05, 4.69) is 20.1 Å². The van der Waals surface area contributed by atoms with E-state index < -0.39 is 46.8 Å². The third kappa shape index (κ3) is 6.77. The molecule has 2 amide bonds. The molecule has 0 heterocycles. The fourth-order valence-electron chi connectivity index (χ4n) is 4.21. The zero-order valence-corrected chi connectivity index (χ0v) is 23.2. The van der Waals surface area contributed by atoms with Crippen molar-refractivity contribution in [1.29, 1.82) is 0 Å². The monoisotopic (exact) mass is 596 g/mol. The predicted molar refractivity (Wildman–Crippen MR) is 157 cm³/mol. The second kappa shape index (κ2) is 13.1. The number of amides is 2. The molecule has 0 radical (unpaired) electrons. The van der Waals surface area contributed by atoms with E-state index in [4.69, 9.17) is 0 Å². The first kappa shape index (κ1) is 30.7. The number of benzene rings is 4. The van der Waals surface area contributed by atoms with Crippen molar-refractivity contribution < 1.29 is 48.5 Å². The number of hydrogen-bond donors (Lipinski definition) is 4. The molecule has 0 aromatic heterocycles. The highest BCUT2D eigenvalue weighted by atomic mass is 16.5. The van der Waals surface area contributed by atoms with E-state index in [0.717, 1.165) is 12.1 Å². The number of carbonyl (C=O) groups excluding carboxylic acids is 4. The Morgan fingerprint density at radius 1 is 0.500 bits per heavy atom. The van der Waals surface area contributed by atoms with Crippen LogP contribution in [-0.4, -0.2) is 60.1 Å². The lowest BCUT2D eigenvalue weighted by atomic mass is 9.95. The Kier molecular flexibility index (Phi) is 9.14. The van der Waals surface area contributed by atoms with E-state index in [1.165, 1.54) is 87.0 Å². The maximum Gasteiger partial charge on any atom is 0.337 e. The van der Waals surface area contributed by atoms with Gasteiger partial charge in [0.1, 0.15) is 0 Å². The molecule has 12 nitrogen and oxygen atoms in total. The summed E-state index contributed by atoms with van der Waals surface area (Å²) in [6.07, 6.45) is 0. The molecule has 0 aliphatic rings. The van der Waals surface area contributed by atoms with Crippen LogP contribution in [0.5, 0.6) is 0 Å². The smallest absolute Gasteiger partial charge is 0.337 e. The van der Waals surface area contributed by atoms with Crippen molar-refractivity contribution in [3.63, 3.8) is 0 Å². The molecule has 4 N–H and O–H groups in total. The molecule has 4 aromatic carbocycles. The zero-order chi connectivity index (χ0) is 32.0. The van der Waals surface area contributed by atoms with Crippen molar-refractivity contribution in [1.82, 2.24) is 0 Å². The van der Waals surface area contributed by atoms with Gasteiger partial charge in [0.05, 0.1) is 47.6 Å². The van der Waals surface area contributed by atoms with Crippen molar-refractivity contribution in [3.8, 4) is 11.1 Å². The lowest BCUT2D eigenvalue weighted by Gasteiger charge is -2.14. The van der Waals surface area contributed by atoms with Crippen molar-refractivity contribution in [2.75, 3.05) is 24.9 Å². The van der Waals surface area contributed by atoms with Crippen LogP contribution in [0, 0.1) is 0 Å². The van der Waals surface area contributed by atoms with Gasteiger partial charge in [-0.2, -0.15) is 0 Å². The number of carboxylic acid groups (broad SMARTS) is 2. The number of rotatable bonds is 9. The highest BCUT2D eigenvalue weighted by Gasteiger charge is 2.21. The third-order valence-corrected chi connectivity index (χ3v) is 6.45. The molecule has 4 rings (SSSR count).